The van der Waals surface area contributed by atoms with Gasteiger partial charge < -0.3 is 15.0 Å². The monoisotopic (exact) mass is 494 g/mol. The van der Waals surface area contributed by atoms with Gasteiger partial charge in [-0.2, -0.15) is 9.47 Å². The number of anilines is 2. The third kappa shape index (κ3) is 5.00. The standard InChI is InChI=1S/C24H30N8O2S/c1-15-9-20(35-29-15)28-21-22-25-11-19(17-10-26-30(5)12-17)32(22)14-18(27-21)16-7-6-8-31(13-16)23(33)34-24(2,3)4/h9-12,14,16H,6-8,13H2,1-5H3,(H,27,28). The molecule has 0 radical (unpaired) electrons. The Morgan fingerprint density at radius 3 is 2.77 bits per heavy atom. The van der Waals surface area contributed by atoms with Crippen LogP contribution < -0.4 is 5.32 Å². The van der Waals surface area contributed by atoms with Crippen LogP contribution in [0, 0.1) is 6.92 Å². The lowest BCUT2D eigenvalue weighted by Crippen LogP contribution is -2.42. The van der Waals surface area contributed by atoms with Gasteiger partial charge in [-0.25, -0.2) is 14.8 Å². The van der Waals surface area contributed by atoms with Crippen molar-refractivity contribution in [2.24, 2.45) is 7.05 Å². The summed E-state index contributed by atoms with van der Waals surface area (Å²) in [6.07, 6.45) is 9.22. The van der Waals surface area contributed by atoms with E-state index in [1.807, 2.05) is 65.6 Å². The molecule has 0 bridgehead atoms. The van der Waals surface area contributed by atoms with Crippen LogP contribution in [0.15, 0.2) is 30.9 Å². The number of nitrogens with one attached hydrogen (secondary N) is 1. The summed E-state index contributed by atoms with van der Waals surface area (Å²) < 4.78 is 13.8. The largest absolute Gasteiger partial charge is 0.444 e. The van der Waals surface area contributed by atoms with Crippen LogP contribution >= 0.6 is 11.5 Å². The highest BCUT2D eigenvalue weighted by Crippen LogP contribution is 2.32. The highest BCUT2D eigenvalue weighted by Gasteiger charge is 2.30. The van der Waals surface area contributed by atoms with Gasteiger partial charge in [0.15, 0.2) is 11.5 Å². The molecule has 5 rings (SSSR count). The van der Waals surface area contributed by atoms with Gasteiger partial charge in [-0.1, -0.05) is 0 Å². The minimum atomic E-state index is -0.527. The summed E-state index contributed by atoms with van der Waals surface area (Å²) in [6.45, 7) is 8.87. The number of imidazole rings is 1. The number of amides is 1. The summed E-state index contributed by atoms with van der Waals surface area (Å²) in [5.41, 5.74) is 3.94. The first kappa shape index (κ1) is 23.3. The molecule has 1 saturated heterocycles. The smallest absolute Gasteiger partial charge is 0.410 e. The lowest BCUT2D eigenvalue weighted by molar-refractivity contribution is 0.0197. The van der Waals surface area contributed by atoms with Crippen molar-refractivity contribution in [3.63, 3.8) is 0 Å². The molecule has 1 N–H and O–H groups in total. The highest BCUT2D eigenvalue weighted by atomic mass is 32.1. The maximum Gasteiger partial charge on any atom is 0.410 e. The first-order valence-electron chi connectivity index (χ1n) is 11.7. The quantitative estimate of drug-likeness (QED) is 0.437. The molecule has 1 amide bonds. The zero-order valence-corrected chi connectivity index (χ0v) is 21.5. The van der Waals surface area contributed by atoms with Crippen LogP contribution in [-0.2, 0) is 11.8 Å². The number of aromatic nitrogens is 6. The van der Waals surface area contributed by atoms with Crippen LogP contribution in [-0.4, -0.2) is 58.2 Å². The number of fused-ring (bicyclic) bond motifs is 1. The highest BCUT2D eigenvalue weighted by molar-refractivity contribution is 7.10. The van der Waals surface area contributed by atoms with Gasteiger partial charge in [-0.3, -0.25) is 9.08 Å². The van der Waals surface area contributed by atoms with E-state index < -0.39 is 5.60 Å². The molecule has 1 fully saturated rings. The molecule has 10 nitrogen and oxygen atoms in total. The second-order valence-electron chi connectivity index (χ2n) is 9.98. The number of hydrogen-bond donors (Lipinski definition) is 1. The number of piperidine rings is 1. The molecule has 11 heteroatoms. The summed E-state index contributed by atoms with van der Waals surface area (Å²) >= 11 is 1.39. The van der Waals surface area contributed by atoms with Gasteiger partial charge >= 0.3 is 6.09 Å². The fourth-order valence-electron chi connectivity index (χ4n) is 4.30. The number of hydrogen-bond acceptors (Lipinski definition) is 8. The van der Waals surface area contributed by atoms with Crippen LogP contribution in [0.3, 0.4) is 0 Å². The molecule has 35 heavy (non-hydrogen) atoms. The van der Waals surface area contributed by atoms with Crippen LogP contribution in [0.5, 0.6) is 0 Å². The van der Waals surface area contributed by atoms with Crippen molar-refractivity contribution in [2.75, 3.05) is 18.4 Å². The van der Waals surface area contributed by atoms with E-state index in [0.717, 1.165) is 46.1 Å². The molecule has 1 aliphatic rings. The average Bonchev–Trinajstić information content (AvgIpc) is 3.52. The van der Waals surface area contributed by atoms with E-state index in [1.165, 1.54) is 11.5 Å². The molecular formula is C24H30N8O2S. The summed E-state index contributed by atoms with van der Waals surface area (Å²) in [4.78, 5) is 24.2. The van der Waals surface area contributed by atoms with Gasteiger partial charge in [-0.15, -0.1) is 0 Å². The zero-order valence-electron chi connectivity index (χ0n) is 20.6. The molecule has 184 valence electrons. The van der Waals surface area contributed by atoms with Gasteiger partial charge in [0.05, 0.1) is 29.5 Å². The molecule has 0 spiro atoms. The van der Waals surface area contributed by atoms with E-state index >= 15 is 0 Å². The van der Waals surface area contributed by atoms with E-state index in [1.54, 1.807) is 9.58 Å². The van der Waals surface area contributed by atoms with Gasteiger partial charge in [0, 0.05) is 44.0 Å². The molecule has 0 aliphatic carbocycles. The van der Waals surface area contributed by atoms with Crippen LogP contribution in [0.2, 0.25) is 0 Å². The fourth-order valence-corrected chi connectivity index (χ4v) is 4.97. The minimum absolute atomic E-state index is 0.0774. The minimum Gasteiger partial charge on any atom is -0.444 e. The molecule has 4 aromatic rings. The van der Waals surface area contributed by atoms with E-state index in [0.29, 0.717) is 18.9 Å². The molecule has 1 aliphatic heterocycles. The zero-order chi connectivity index (χ0) is 24.7. The Hall–Kier alpha value is -3.47. The van der Waals surface area contributed by atoms with Crippen LogP contribution in [0.4, 0.5) is 15.6 Å². The second kappa shape index (κ2) is 8.95. The van der Waals surface area contributed by atoms with E-state index in [9.17, 15) is 4.79 Å². The Morgan fingerprint density at radius 1 is 1.26 bits per heavy atom. The third-order valence-electron chi connectivity index (χ3n) is 5.87. The predicted molar refractivity (Wildman–Crippen MR) is 135 cm³/mol. The molecule has 1 unspecified atom stereocenters. The van der Waals surface area contributed by atoms with E-state index in [2.05, 4.69) is 24.2 Å². The number of carbonyl (C=O) groups is 1. The van der Waals surface area contributed by atoms with E-state index in [-0.39, 0.29) is 12.0 Å². The topological polar surface area (TPSA) is 102 Å². The lowest BCUT2D eigenvalue weighted by atomic mass is 9.95. The Balaban J connectivity index is 1.53. The molecule has 1 atom stereocenters. The van der Waals surface area contributed by atoms with Gasteiger partial charge in [-0.05, 0) is 58.1 Å². The number of carbonyl (C=O) groups excluding carboxylic acids is 1. The summed E-state index contributed by atoms with van der Waals surface area (Å²) in [5, 5.41) is 8.64. The van der Waals surface area contributed by atoms with Crippen molar-refractivity contribution < 1.29 is 9.53 Å². The fraction of sp³-hybridized carbons (Fsp3) is 0.458. The average molecular weight is 495 g/mol. The van der Waals surface area contributed by atoms with Crippen molar-refractivity contribution in [3.05, 3.63) is 42.2 Å². The first-order valence-corrected chi connectivity index (χ1v) is 12.5. The number of nitrogens with zero attached hydrogens (tertiary/aromatic N) is 7. The number of aryl methyl sites for hydroxylation is 2. The molecule has 0 saturated carbocycles. The SMILES string of the molecule is Cc1cc(Nc2nc(C3CCCN(C(=O)OC(C)(C)C)C3)cn3c(-c4cnn(C)c4)cnc23)sn1. The van der Waals surface area contributed by atoms with Crippen LogP contribution in [0.1, 0.15) is 50.9 Å². The molecular weight excluding hydrogens is 464 g/mol. The lowest BCUT2D eigenvalue weighted by Gasteiger charge is -2.34. The Bertz CT molecular complexity index is 1370. The van der Waals surface area contributed by atoms with Gasteiger partial charge in [0.1, 0.15) is 10.6 Å². The normalized spacial score (nSPS) is 16.6. The Labute approximate surface area is 208 Å². The number of ether oxygens (including phenoxy) is 1. The third-order valence-corrected chi connectivity index (χ3v) is 6.67. The summed E-state index contributed by atoms with van der Waals surface area (Å²) in [7, 11) is 1.89. The van der Waals surface area contributed by atoms with Crippen molar-refractivity contribution in [3.8, 4) is 11.3 Å². The maximum absolute atomic E-state index is 12.8. The van der Waals surface area contributed by atoms with Crippen LogP contribution in [0.25, 0.3) is 16.9 Å². The maximum atomic E-state index is 12.8. The molecule has 5 heterocycles. The Morgan fingerprint density at radius 2 is 2.09 bits per heavy atom. The Kier molecular flexibility index (Phi) is 5.96. The van der Waals surface area contributed by atoms with Gasteiger partial charge in [0.25, 0.3) is 0 Å². The summed E-state index contributed by atoms with van der Waals surface area (Å²) in [6, 6.07) is 1.99. The molecule has 4 aromatic heterocycles. The molecule has 0 aromatic carbocycles. The second-order valence-corrected chi connectivity index (χ2v) is 10.8. The predicted octanol–water partition coefficient (Wildman–Crippen LogP) is 4.75. The van der Waals surface area contributed by atoms with Crippen molar-refractivity contribution in [2.45, 2.75) is 52.1 Å². The number of likely N-dealkylation sites (tertiary alicyclic amines) is 1. The van der Waals surface area contributed by atoms with Gasteiger partial charge in [0.2, 0.25) is 0 Å². The van der Waals surface area contributed by atoms with Crippen molar-refractivity contribution in [1.82, 2.24) is 33.4 Å². The number of rotatable bonds is 4. The van der Waals surface area contributed by atoms with E-state index in [4.69, 9.17) is 9.72 Å². The summed E-state index contributed by atoms with van der Waals surface area (Å²) in [5.74, 6) is 0.740. The van der Waals surface area contributed by atoms with Crippen molar-refractivity contribution >= 4 is 34.1 Å². The first-order chi connectivity index (χ1) is 16.7. The van der Waals surface area contributed by atoms with Crippen molar-refractivity contribution in [1.29, 1.82) is 0 Å².